The number of carbonyl (C=O) groups excluding carboxylic acids is 2. The van der Waals surface area contributed by atoms with Crippen LogP contribution in [0.25, 0.3) is 0 Å². The number of thioether (sulfide) groups is 1. The third-order valence-corrected chi connectivity index (χ3v) is 5.21. The minimum Gasteiger partial charge on any atom is -0.484 e. The summed E-state index contributed by atoms with van der Waals surface area (Å²) in [7, 11) is 0. The summed E-state index contributed by atoms with van der Waals surface area (Å²) >= 11 is 1.69. The number of carbonyl (C=O) groups is 2. The number of nitrogens with one attached hydrogen (secondary N) is 2. The first kappa shape index (κ1) is 21.5. The number of rotatable bonds is 10. The standard InChI is InChI=1S/C24H24N2O3S/c27-23(25-14-15-30-22-12-5-2-6-13-22)18-29-21-11-7-10-20(16-21)24(28)26-17-19-8-3-1-4-9-19/h1-13,16H,14-15,17-18H2,(H,25,27)(H,26,28). The molecule has 3 rings (SSSR count). The van der Waals surface area contributed by atoms with Crippen molar-refractivity contribution in [3.8, 4) is 5.75 Å². The van der Waals surface area contributed by atoms with Crippen molar-refractivity contribution in [2.75, 3.05) is 18.9 Å². The monoisotopic (exact) mass is 420 g/mol. The van der Waals surface area contributed by atoms with Gasteiger partial charge in [-0.3, -0.25) is 9.59 Å². The van der Waals surface area contributed by atoms with Gasteiger partial charge in [-0.05, 0) is 35.9 Å². The lowest BCUT2D eigenvalue weighted by atomic mass is 10.2. The molecule has 0 atom stereocenters. The molecule has 0 saturated heterocycles. The molecule has 0 heterocycles. The van der Waals surface area contributed by atoms with Gasteiger partial charge < -0.3 is 15.4 Å². The highest BCUT2D eigenvalue weighted by molar-refractivity contribution is 7.99. The van der Waals surface area contributed by atoms with Crippen molar-refractivity contribution in [3.63, 3.8) is 0 Å². The third kappa shape index (κ3) is 7.29. The molecule has 2 amide bonds. The lowest BCUT2D eigenvalue weighted by Gasteiger charge is -2.09. The molecule has 0 unspecified atom stereocenters. The minimum atomic E-state index is -0.192. The highest BCUT2D eigenvalue weighted by Gasteiger charge is 2.08. The van der Waals surface area contributed by atoms with Crippen LogP contribution in [0.5, 0.6) is 5.75 Å². The molecule has 2 N–H and O–H groups in total. The van der Waals surface area contributed by atoms with Gasteiger partial charge in [-0.15, -0.1) is 11.8 Å². The van der Waals surface area contributed by atoms with Gasteiger partial charge in [0.2, 0.25) is 0 Å². The minimum absolute atomic E-state index is 0.0922. The molecule has 0 radical (unpaired) electrons. The van der Waals surface area contributed by atoms with Gasteiger partial charge in [0.1, 0.15) is 5.75 Å². The molecule has 0 aliphatic carbocycles. The first-order valence-corrected chi connectivity index (χ1v) is 10.7. The van der Waals surface area contributed by atoms with E-state index >= 15 is 0 Å². The molecule has 30 heavy (non-hydrogen) atoms. The van der Waals surface area contributed by atoms with E-state index in [9.17, 15) is 9.59 Å². The predicted octanol–water partition coefficient (Wildman–Crippen LogP) is 3.90. The van der Waals surface area contributed by atoms with Crippen molar-refractivity contribution in [2.24, 2.45) is 0 Å². The summed E-state index contributed by atoms with van der Waals surface area (Å²) in [6, 6.07) is 26.6. The van der Waals surface area contributed by atoms with Crippen molar-refractivity contribution >= 4 is 23.6 Å². The summed E-state index contributed by atoms with van der Waals surface area (Å²) in [6.07, 6.45) is 0. The molecule has 0 aliphatic rings. The lowest BCUT2D eigenvalue weighted by molar-refractivity contribution is -0.122. The number of ether oxygens (including phenoxy) is 1. The first-order chi connectivity index (χ1) is 14.7. The molecule has 0 saturated carbocycles. The summed E-state index contributed by atoms with van der Waals surface area (Å²) < 4.78 is 5.54. The Morgan fingerprint density at radius 3 is 2.33 bits per heavy atom. The van der Waals surface area contributed by atoms with E-state index in [1.54, 1.807) is 36.0 Å². The van der Waals surface area contributed by atoms with E-state index in [0.717, 1.165) is 11.3 Å². The normalized spacial score (nSPS) is 10.3. The molecule has 0 aliphatic heterocycles. The zero-order valence-electron chi connectivity index (χ0n) is 16.5. The molecule has 6 heteroatoms. The summed E-state index contributed by atoms with van der Waals surface area (Å²) in [5.41, 5.74) is 1.52. The van der Waals surface area contributed by atoms with Crippen LogP contribution >= 0.6 is 11.8 Å². The van der Waals surface area contributed by atoms with Gasteiger partial charge in [0.05, 0.1) is 0 Å². The van der Waals surface area contributed by atoms with Gasteiger partial charge >= 0.3 is 0 Å². The maximum Gasteiger partial charge on any atom is 0.257 e. The van der Waals surface area contributed by atoms with E-state index in [1.165, 1.54) is 4.90 Å². The zero-order valence-corrected chi connectivity index (χ0v) is 17.4. The van der Waals surface area contributed by atoms with Crippen molar-refractivity contribution in [1.82, 2.24) is 10.6 Å². The smallest absolute Gasteiger partial charge is 0.257 e. The van der Waals surface area contributed by atoms with Crippen LogP contribution in [0.4, 0.5) is 0 Å². The number of hydrogen-bond donors (Lipinski definition) is 2. The summed E-state index contributed by atoms with van der Waals surface area (Å²) in [4.78, 5) is 25.5. The topological polar surface area (TPSA) is 67.4 Å². The van der Waals surface area contributed by atoms with E-state index < -0.39 is 0 Å². The molecular weight excluding hydrogens is 396 g/mol. The Bertz CT molecular complexity index is 949. The molecule has 0 spiro atoms. The molecule has 0 bridgehead atoms. The highest BCUT2D eigenvalue weighted by atomic mass is 32.2. The van der Waals surface area contributed by atoms with Crippen LogP contribution in [0.3, 0.4) is 0 Å². The Balaban J connectivity index is 1.38. The Kier molecular flexibility index (Phi) is 8.35. The van der Waals surface area contributed by atoms with Gasteiger partial charge in [0, 0.05) is 29.3 Å². The van der Waals surface area contributed by atoms with Crippen LogP contribution in [0.15, 0.2) is 89.8 Å². The summed E-state index contributed by atoms with van der Waals surface area (Å²) in [6.45, 7) is 0.920. The van der Waals surface area contributed by atoms with E-state index in [0.29, 0.717) is 24.4 Å². The van der Waals surface area contributed by atoms with Crippen molar-refractivity contribution < 1.29 is 14.3 Å². The molecule has 0 aromatic heterocycles. The van der Waals surface area contributed by atoms with Crippen LogP contribution in [-0.2, 0) is 11.3 Å². The van der Waals surface area contributed by atoms with Crippen LogP contribution in [0.2, 0.25) is 0 Å². The van der Waals surface area contributed by atoms with E-state index in [1.807, 2.05) is 60.7 Å². The van der Waals surface area contributed by atoms with Crippen molar-refractivity contribution in [2.45, 2.75) is 11.4 Å². The molecule has 5 nitrogen and oxygen atoms in total. The van der Waals surface area contributed by atoms with Crippen LogP contribution in [0.1, 0.15) is 15.9 Å². The second kappa shape index (κ2) is 11.7. The maximum absolute atomic E-state index is 12.4. The van der Waals surface area contributed by atoms with E-state index in [4.69, 9.17) is 4.74 Å². The van der Waals surface area contributed by atoms with E-state index in [-0.39, 0.29) is 18.4 Å². The average Bonchev–Trinajstić information content (AvgIpc) is 2.80. The van der Waals surface area contributed by atoms with Gasteiger partial charge in [0.15, 0.2) is 6.61 Å². The third-order valence-electron chi connectivity index (χ3n) is 4.20. The fourth-order valence-electron chi connectivity index (χ4n) is 2.68. The SMILES string of the molecule is O=C(COc1cccc(C(=O)NCc2ccccc2)c1)NCCSc1ccccc1. The highest BCUT2D eigenvalue weighted by Crippen LogP contribution is 2.16. The second-order valence-electron chi connectivity index (χ2n) is 6.50. The van der Waals surface area contributed by atoms with Crippen molar-refractivity contribution in [1.29, 1.82) is 0 Å². The van der Waals surface area contributed by atoms with Gasteiger partial charge in [-0.1, -0.05) is 54.6 Å². The molecule has 3 aromatic rings. The summed E-state index contributed by atoms with van der Waals surface area (Å²) in [5, 5.41) is 5.71. The maximum atomic E-state index is 12.4. The predicted molar refractivity (Wildman–Crippen MR) is 120 cm³/mol. The zero-order chi connectivity index (χ0) is 21.0. The van der Waals surface area contributed by atoms with Crippen molar-refractivity contribution in [3.05, 3.63) is 96.1 Å². The molecular formula is C24H24N2O3S. The van der Waals surface area contributed by atoms with Gasteiger partial charge in [0.25, 0.3) is 11.8 Å². The Hall–Kier alpha value is -3.25. The molecule has 0 fully saturated rings. The quantitative estimate of drug-likeness (QED) is 0.386. The molecule has 154 valence electrons. The second-order valence-corrected chi connectivity index (χ2v) is 7.66. The average molecular weight is 421 g/mol. The van der Waals surface area contributed by atoms with Crippen LogP contribution < -0.4 is 15.4 Å². The first-order valence-electron chi connectivity index (χ1n) is 9.70. The van der Waals surface area contributed by atoms with Crippen LogP contribution in [0, 0.1) is 0 Å². The fraction of sp³-hybridized carbons (Fsp3) is 0.167. The largest absolute Gasteiger partial charge is 0.484 e. The van der Waals surface area contributed by atoms with Crippen LogP contribution in [-0.4, -0.2) is 30.7 Å². The Labute approximate surface area is 180 Å². The Morgan fingerprint density at radius 1 is 0.833 bits per heavy atom. The van der Waals surface area contributed by atoms with Gasteiger partial charge in [-0.25, -0.2) is 0 Å². The molecule has 3 aromatic carbocycles. The number of amides is 2. The fourth-order valence-corrected chi connectivity index (χ4v) is 3.47. The number of hydrogen-bond acceptors (Lipinski definition) is 4. The summed E-state index contributed by atoms with van der Waals surface area (Å²) in [5.74, 6) is 0.887. The number of benzene rings is 3. The van der Waals surface area contributed by atoms with E-state index in [2.05, 4.69) is 10.6 Å². The van der Waals surface area contributed by atoms with Gasteiger partial charge in [-0.2, -0.15) is 0 Å². The lowest BCUT2D eigenvalue weighted by Crippen LogP contribution is -2.30. The Morgan fingerprint density at radius 2 is 1.57 bits per heavy atom.